The molecular weight excluding hydrogens is 251 g/mol. The zero-order chi connectivity index (χ0) is 14.4. The number of nitrogens with one attached hydrogen (secondary N) is 2. The zero-order valence-corrected chi connectivity index (χ0v) is 12.7. The maximum atomic E-state index is 13.8. The van der Waals surface area contributed by atoms with E-state index in [2.05, 4.69) is 17.6 Å². The van der Waals surface area contributed by atoms with Crippen LogP contribution in [-0.2, 0) is 0 Å². The predicted molar refractivity (Wildman–Crippen MR) is 82.3 cm³/mol. The van der Waals surface area contributed by atoms with Crippen LogP contribution in [0.25, 0.3) is 0 Å². The molecule has 1 saturated heterocycles. The summed E-state index contributed by atoms with van der Waals surface area (Å²) >= 11 is 0. The number of hydrogen-bond acceptors (Lipinski definition) is 2. The van der Waals surface area contributed by atoms with Crippen molar-refractivity contribution in [3.63, 3.8) is 0 Å². The van der Waals surface area contributed by atoms with Crippen molar-refractivity contribution in [2.75, 3.05) is 6.54 Å². The Labute approximate surface area is 122 Å². The Morgan fingerprint density at radius 2 is 2.05 bits per heavy atom. The van der Waals surface area contributed by atoms with Crippen molar-refractivity contribution in [2.24, 2.45) is 0 Å². The van der Waals surface area contributed by atoms with Crippen LogP contribution in [0.1, 0.15) is 57.6 Å². The van der Waals surface area contributed by atoms with E-state index in [-0.39, 0.29) is 11.9 Å². The maximum Gasteiger partial charge on any atom is 0.127 e. The second-order valence-corrected chi connectivity index (χ2v) is 6.05. The molecule has 1 aromatic rings. The highest BCUT2D eigenvalue weighted by Crippen LogP contribution is 2.18. The van der Waals surface area contributed by atoms with Crippen LogP contribution in [0.2, 0.25) is 0 Å². The minimum atomic E-state index is -0.118. The van der Waals surface area contributed by atoms with E-state index in [1.807, 2.05) is 19.1 Å². The third-order valence-electron chi connectivity index (χ3n) is 4.21. The predicted octanol–water partition coefficient (Wildman–Crippen LogP) is 3.79. The summed E-state index contributed by atoms with van der Waals surface area (Å²) in [6, 6.07) is 8.08. The van der Waals surface area contributed by atoms with Gasteiger partial charge in [0.1, 0.15) is 5.82 Å². The van der Waals surface area contributed by atoms with Gasteiger partial charge in [-0.05, 0) is 45.7 Å². The van der Waals surface area contributed by atoms with Gasteiger partial charge in [-0.1, -0.05) is 31.0 Å². The number of benzene rings is 1. The van der Waals surface area contributed by atoms with Crippen LogP contribution in [0.5, 0.6) is 0 Å². The molecule has 0 aromatic heterocycles. The number of hydrogen-bond donors (Lipinski definition) is 2. The highest BCUT2D eigenvalue weighted by atomic mass is 19.1. The molecule has 3 unspecified atom stereocenters. The lowest BCUT2D eigenvalue weighted by molar-refractivity contribution is 0.376. The van der Waals surface area contributed by atoms with E-state index in [1.165, 1.54) is 31.7 Å². The quantitative estimate of drug-likeness (QED) is 0.856. The lowest BCUT2D eigenvalue weighted by Gasteiger charge is -2.25. The summed E-state index contributed by atoms with van der Waals surface area (Å²) in [6.07, 6.45) is 6.34. The first-order chi connectivity index (χ1) is 9.66. The average molecular weight is 278 g/mol. The average Bonchev–Trinajstić information content (AvgIpc) is 2.67. The standard InChI is InChI=1S/C17H27FN2/c1-13(12-15-8-4-3-7-11-19-15)20-14(2)16-9-5-6-10-17(16)18/h5-6,9-10,13-15,19-20H,3-4,7-8,11-12H2,1-2H3. The summed E-state index contributed by atoms with van der Waals surface area (Å²) in [7, 11) is 0. The monoisotopic (exact) mass is 278 g/mol. The molecule has 0 radical (unpaired) electrons. The van der Waals surface area contributed by atoms with Crippen molar-refractivity contribution in [2.45, 2.75) is 64.1 Å². The molecule has 2 rings (SSSR count). The van der Waals surface area contributed by atoms with Gasteiger partial charge in [-0.2, -0.15) is 0 Å². The molecule has 0 amide bonds. The summed E-state index contributed by atoms with van der Waals surface area (Å²) in [5, 5.41) is 7.15. The van der Waals surface area contributed by atoms with Crippen molar-refractivity contribution < 1.29 is 4.39 Å². The largest absolute Gasteiger partial charge is 0.314 e. The first-order valence-corrected chi connectivity index (χ1v) is 7.90. The van der Waals surface area contributed by atoms with Gasteiger partial charge in [0.25, 0.3) is 0 Å². The normalized spacial score (nSPS) is 23.1. The Bertz CT molecular complexity index is 400. The molecule has 3 heteroatoms. The second kappa shape index (κ2) is 7.75. The fourth-order valence-corrected chi connectivity index (χ4v) is 3.14. The second-order valence-electron chi connectivity index (χ2n) is 6.05. The highest BCUT2D eigenvalue weighted by Gasteiger charge is 2.17. The Hall–Kier alpha value is -0.930. The summed E-state index contributed by atoms with van der Waals surface area (Å²) in [5.74, 6) is -0.118. The Balaban J connectivity index is 1.84. The first kappa shape index (κ1) is 15.5. The third-order valence-corrected chi connectivity index (χ3v) is 4.21. The first-order valence-electron chi connectivity index (χ1n) is 7.90. The summed E-state index contributed by atoms with van der Waals surface area (Å²) in [6.45, 7) is 5.37. The zero-order valence-electron chi connectivity index (χ0n) is 12.7. The van der Waals surface area contributed by atoms with Gasteiger partial charge in [0.2, 0.25) is 0 Å². The molecule has 0 aliphatic carbocycles. The van der Waals surface area contributed by atoms with Gasteiger partial charge in [-0.3, -0.25) is 0 Å². The molecule has 2 nitrogen and oxygen atoms in total. The molecule has 0 spiro atoms. The van der Waals surface area contributed by atoms with Gasteiger partial charge in [0.05, 0.1) is 0 Å². The molecule has 3 atom stereocenters. The summed E-state index contributed by atoms with van der Waals surface area (Å²) in [4.78, 5) is 0. The van der Waals surface area contributed by atoms with Crippen LogP contribution in [-0.4, -0.2) is 18.6 Å². The molecular formula is C17H27FN2. The smallest absolute Gasteiger partial charge is 0.127 e. The van der Waals surface area contributed by atoms with Gasteiger partial charge in [0, 0.05) is 23.7 Å². The van der Waals surface area contributed by atoms with E-state index >= 15 is 0 Å². The Kier molecular flexibility index (Phi) is 5.99. The van der Waals surface area contributed by atoms with Crippen LogP contribution in [0.4, 0.5) is 4.39 Å². The summed E-state index contributed by atoms with van der Waals surface area (Å²) < 4.78 is 13.8. The van der Waals surface area contributed by atoms with Crippen molar-refractivity contribution in [1.29, 1.82) is 0 Å². The number of halogens is 1. The van der Waals surface area contributed by atoms with Crippen molar-refractivity contribution in [1.82, 2.24) is 10.6 Å². The Morgan fingerprint density at radius 3 is 2.85 bits per heavy atom. The molecule has 1 aliphatic heterocycles. The molecule has 2 N–H and O–H groups in total. The van der Waals surface area contributed by atoms with Crippen LogP contribution in [0.15, 0.2) is 24.3 Å². The van der Waals surface area contributed by atoms with Crippen LogP contribution >= 0.6 is 0 Å². The van der Waals surface area contributed by atoms with Gasteiger partial charge in [0.15, 0.2) is 0 Å². The lowest BCUT2D eigenvalue weighted by Crippen LogP contribution is -2.37. The molecule has 0 bridgehead atoms. The van der Waals surface area contributed by atoms with Gasteiger partial charge < -0.3 is 10.6 Å². The van der Waals surface area contributed by atoms with Crippen LogP contribution < -0.4 is 10.6 Å². The van der Waals surface area contributed by atoms with Crippen molar-refractivity contribution in [3.05, 3.63) is 35.6 Å². The molecule has 1 fully saturated rings. The minimum absolute atomic E-state index is 0.0528. The highest BCUT2D eigenvalue weighted by molar-refractivity contribution is 5.20. The molecule has 112 valence electrons. The van der Waals surface area contributed by atoms with Gasteiger partial charge in [-0.25, -0.2) is 4.39 Å². The molecule has 1 heterocycles. The topological polar surface area (TPSA) is 24.1 Å². The van der Waals surface area contributed by atoms with Gasteiger partial charge in [-0.15, -0.1) is 0 Å². The van der Waals surface area contributed by atoms with Crippen molar-refractivity contribution in [3.8, 4) is 0 Å². The minimum Gasteiger partial charge on any atom is -0.314 e. The number of rotatable bonds is 5. The van der Waals surface area contributed by atoms with Crippen molar-refractivity contribution >= 4 is 0 Å². The van der Waals surface area contributed by atoms with E-state index in [4.69, 9.17) is 0 Å². The van der Waals surface area contributed by atoms with Crippen LogP contribution in [0.3, 0.4) is 0 Å². The fourth-order valence-electron chi connectivity index (χ4n) is 3.14. The fraction of sp³-hybridized carbons (Fsp3) is 0.647. The van der Waals surface area contributed by atoms with E-state index in [1.54, 1.807) is 6.07 Å². The SMILES string of the molecule is CC(CC1CCCCCN1)NC(C)c1ccccc1F. The lowest BCUT2D eigenvalue weighted by atomic mass is 10.0. The molecule has 1 aromatic carbocycles. The third kappa shape index (κ3) is 4.57. The van der Waals surface area contributed by atoms with E-state index < -0.39 is 0 Å². The molecule has 20 heavy (non-hydrogen) atoms. The van der Waals surface area contributed by atoms with E-state index in [9.17, 15) is 4.39 Å². The van der Waals surface area contributed by atoms with E-state index in [0.717, 1.165) is 18.5 Å². The van der Waals surface area contributed by atoms with Crippen LogP contribution in [0, 0.1) is 5.82 Å². The maximum absolute atomic E-state index is 13.8. The van der Waals surface area contributed by atoms with Gasteiger partial charge >= 0.3 is 0 Å². The molecule has 1 aliphatic rings. The summed E-state index contributed by atoms with van der Waals surface area (Å²) in [5.41, 5.74) is 0.758. The molecule has 0 saturated carbocycles. The Morgan fingerprint density at radius 1 is 1.25 bits per heavy atom. The van der Waals surface area contributed by atoms with E-state index in [0.29, 0.717) is 12.1 Å².